The van der Waals surface area contributed by atoms with Gasteiger partial charge >= 0.3 is 0 Å². The Morgan fingerprint density at radius 1 is 1.27 bits per heavy atom. The molecule has 118 valence electrons. The van der Waals surface area contributed by atoms with E-state index in [0.29, 0.717) is 5.69 Å². The van der Waals surface area contributed by atoms with Crippen molar-refractivity contribution in [3.05, 3.63) is 47.7 Å². The van der Waals surface area contributed by atoms with Crippen LogP contribution in [0.25, 0.3) is 10.9 Å². The molecule has 0 atom stereocenters. The van der Waals surface area contributed by atoms with Gasteiger partial charge in [-0.3, -0.25) is 4.79 Å². The van der Waals surface area contributed by atoms with Crippen LogP contribution < -0.4 is 5.32 Å². The number of amides is 1. The van der Waals surface area contributed by atoms with E-state index < -0.39 is 0 Å². The van der Waals surface area contributed by atoms with E-state index >= 15 is 0 Å². The largest absolute Gasteiger partial charge is 0.351 e. The number of benzene rings is 1. The fourth-order valence-electron chi connectivity index (χ4n) is 3.07. The minimum absolute atomic E-state index is 0.0428. The van der Waals surface area contributed by atoms with Crippen LogP contribution in [0.5, 0.6) is 0 Å². The maximum absolute atomic E-state index is 12.6. The Labute approximate surface area is 132 Å². The standard InChI is InChI=1S/C19H26N2O/c1-6-9-19(7-2,8-3)21-18(22)17-12-15-14(5)10-13(4)11-16(15)20-17/h6,10-12,20H,1,7-9H2,2-5H3,(H,21,22). The van der Waals surface area contributed by atoms with Gasteiger partial charge in [0, 0.05) is 16.4 Å². The molecule has 0 saturated carbocycles. The van der Waals surface area contributed by atoms with Crippen molar-refractivity contribution in [2.75, 3.05) is 0 Å². The predicted molar refractivity (Wildman–Crippen MR) is 93.4 cm³/mol. The molecule has 2 rings (SSSR count). The molecule has 3 nitrogen and oxygen atoms in total. The second-order valence-corrected chi connectivity index (χ2v) is 6.16. The molecule has 0 bridgehead atoms. The molecule has 1 aromatic heterocycles. The Bertz CT molecular complexity index is 693. The van der Waals surface area contributed by atoms with E-state index in [4.69, 9.17) is 0 Å². The average Bonchev–Trinajstić information content (AvgIpc) is 2.91. The summed E-state index contributed by atoms with van der Waals surface area (Å²) < 4.78 is 0. The first-order valence-electron chi connectivity index (χ1n) is 7.98. The number of hydrogen-bond donors (Lipinski definition) is 2. The summed E-state index contributed by atoms with van der Waals surface area (Å²) in [4.78, 5) is 15.9. The van der Waals surface area contributed by atoms with Gasteiger partial charge in [-0.25, -0.2) is 0 Å². The molecule has 0 saturated heterocycles. The fourth-order valence-corrected chi connectivity index (χ4v) is 3.07. The molecule has 1 heterocycles. The van der Waals surface area contributed by atoms with Crippen molar-refractivity contribution in [2.24, 2.45) is 0 Å². The lowest BCUT2D eigenvalue weighted by atomic mass is 9.89. The van der Waals surface area contributed by atoms with E-state index in [1.807, 2.05) is 12.1 Å². The molecule has 1 aromatic carbocycles. The van der Waals surface area contributed by atoms with Gasteiger partial charge in [-0.15, -0.1) is 6.58 Å². The van der Waals surface area contributed by atoms with E-state index in [0.717, 1.165) is 30.2 Å². The summed E-state index contributed by atoms with van der Waals surface area (Å²) in [6.07, 6.45) is 4.44. The number of aryl methyl sites for hydroxylation is 2. The summed E-state index contributed by atoms with van der Waals surface area (Å²) in [5.74, 6) is -0.0428. The summed E-state index contributed by atoms with van der Waals surface area (Å²) in [6.45, 7) is 12.2. The van der Waals surface area contributed by atoms with Gasteiger partial charge in [-0.2, -0.15) is 0 Å². The molecule has 0 fully saturated rings. The third-order valence-electron chi connectivity index (χ3n) is 4.60. The number of aromatic nitrogens is 1. The monoisotopic (exact) mass is 298 g/mol. The highest BCUT2D eigenvalue weighted by Crippen LogP contribution is 2.24. The Morgan fingerprint density at radius 2 is 1.95 bits per heavy atom. The van der Waals surface area contributed by atoms with Crippen LogP contribution in [-0.2, 0) is 0 Å². The van der Waals surface area contributed by atoms with Gasteiger partial charge in [0.15, 0.2) is 0 Å². The number of H-pyrrole nitrogens is 1. The Hall–Kier alpha value is -2.03. The molecule has 22 heavy (non-hydrogen) atoms. The third kappa shape index (κ3) is 3.08. The quantitative estimate of drug-likeness (QED) is 0.749. The van der Waals surface area contributed by atoms with Crippen LogP contribution in [0.15, 0.2) is 30.9 Å². The van der Waals surface area contributed by atoms with Gasteiger partial charge in [0.1, 0.15) is 5.69 Å². The molecular formula is C19H26N2O. The molecular weight excluding hydrogens is 272 g/mol. The lowest BCUT2D eigenvalue weighted by Gasteiger charge is -2.31. The third-order valence-corrected chi connectivity index (χ3v) is 4.60. The average molecular weight is 298 g/mol. The van der Waals surface area contributed by atoms with Crippen molar-refractivity contribution < 1.29 is 4.79 Å². The smallest absolute Gasteiger partial charge is 0.268 e. The first-order chi connectivity index (χ1) is 10.4. The maximum Gasteiger partial charge on any atom is 0.268 e. The van der Waals surface area contributed by atoms with E-state index in [2.05, 4.69) is 56.7 Å². The molecule has 0 aliphatic carbocycles. The van der Waals surface area contributed by atoms with Gasteiger partial charge in [0.05, 0.1) is 0 Å². The summed E-state index contributed by atoms with van der Waals surface area (Å²) in [5.41, 5.74) is 3.82. The normalized spacial score (nSPS) is 11.6. The van der Waals surface area contributed by atoms with E-state index in [9.17, 15) is 4.79 Å². The van der Waals surface area contributed by atoms with E-state index in [1.165, 1.54) is 11.1 Å². The van der Waals surface area contributed by atoms with Gasteiger partial charge < -0.3 is 10.3 Å². The van der Waals surface area contributed by atoms with Gasteiger partial charge in [0.25, 0.3) is 5.91 Å². The number of nitrogens with one attached hydrogen (secondary N) is 2. The first kappa shape index (κ1) is 16.3. The fraction of sp³-hybridized carbons (Fsp3) is 0.421. The molecule has 0 aliphatic rings. The minimum Gasteiger partial charge on any atom is -0.351 e. The highest BCUT2D eigenvalue weighted by atomic mass is 16.2. The summed E-state index contributed by atoms with van der Waals surface area (Å²) in [7, 11) is 0. The van der Waals surface area contributed by atoms with Crippen LogP contribution in [0.2, 0.25) is 0 Å². The van der Waals surface area contributed by atoms with Crippen molar-refractivity contribution in [1.82, 2.24) is 10.3 Å². The highest BCUT2D eigenvalue weighted by molar-refractivity contribution is 5.99. The predicted octanol–water partition coefficient (Wildman–Crippen LogP) is 4.65. The van der Waals surface area contributed by atoms with E-state index in [1.54, 1.807) is 0 Å². The number of fused-ring (bicyclic) bond motifs is 1. The molecule has 0 radical (unpaired) electrons. The van der Waals surface area contributed by atoms with Crippen LogP contribution in [0, 0.1) is 13.8 Å². The summed E-state index contributed by atoms with van der Waals surface area (Å²) in [5, 5.41) is 4.31. The molecule has 0 spiro atoms. The summed E-state index contributed by atoms with van der Waals surface area (Å²) >= 11 is 0. The Balaban J connectivity index is 2.33. The molecule has 1 amide bonds. The van der Waals surface area contributed by atoms with Crippen molar-refractivity contribution in [3.8, 4) is 0 Å². The molecule has 2 N–H and O–H groups in total. The zero-order valence-corrected chi connectivity index (χ0v) is 14.0. The minimum atomic E-state index is -0.207. The van der Waals surface area contributed by atoms with Crippen LogP contribution in [-0.4, -0.2) is 16.4 Å². The zero-order chi connectivity index (χ0) is 16.3. The number of carbonyl (C=O) groups is 1. The number of carbonyl (C=O) groups excluding carboxylic acids is 1. The highest BCUT2D eigenvalue weighted by Gasteiger charge is 2.27. The van der Waals surface area contributed by atoms with Gasteiger partial charge in [-0.05, 0) is 56.4 Å². The van der Waals surface area contributed by atoms with Crippen molar-refractivity contribution in [3.63, 3.8) is 0 Å². The summed E-state index contributed by atoms with van der Waals surface area (Å²) in [6, 6.07) is 6.16. The van der Waals surface area contributed by atoms with Crippen molar-refractivity contribution in [2.45, 2.75) is 52.5 Å². The maximum atomic E-state index is 12.6. The molecule has 2 aromatic rings. The zero-order valence-electron chi connectivity index (χ0n) is 14.0. The van der Waals surface area contributed by atoms with Crippen LogP contribution in [0.4, 0.5) is 0 Å². The van der Waals surface area contributed by atoms with E-state index in [-0.39, 0.29) is 11.4 Å². The molecule has 0 aliphatic heterocycles. The number of aromatic amines is 1. The topological polar surface area (TPSA) is 44.9 Å². The van der Waals surface area contributed by atoms with Gasteiger partial charge in [-0.1, -0.05) is 26.0 Å². The second kappa shape index (κ2) is 6.39. The Kier molecular flexibility index (Phi) is 4.74. The SMILES string of the molecule is C=CCC(CC)(CC)NC(=O)c1cc2c(C)cc(C)cc2[nH]1. The second-order valence-electron chi connectivity index (χ2n) is 6.16. The first-order valence-corrected chi connectivity index (χ1v) is 7.98. The van der Waals surface area contributed by atoms with Crippen molar-refractivity contribution >= 4 is 16.8 Å². The Morgan fingerprint density at radius 3 is 2.55 bits per heavy atom. The van der Waals surface area contributed by atoms with Gasteiger partial charge in [0.2, 0.25) is 0 Å². The number of rotatable bonds is 6. The van der Waals surface area contributed by atoms with Crippen molar-refractivity contribution in [1.29, 1.82) is 0 Å². The lowest BCUT2D eigenvalue weighted by Crippen LogP contribution is -2.47. The van der Waals surface area contributed by atoms with Crippen LogP contribution >= 0.6 is 0 Å². The van der Waals surface area contributed by atoms with Crippen LogP contribution in [0.3, 0.4) is 0 Å². The molecule has 0 unspecified atom stereocenters. The number of hydrogen-bond acceptors (Lipinski definition) is 1. The molecule has 3 heteroatoms. The lowest BCUT2D eigenvalue weighted by molar-refractivity contribution is 0.0888. The van der Waals surface area contributed by atoms with Crippen LogP contribution in [0.1, 0.15) is 54.7 Å².